The summed E-state index contributed by atoms with van der Waals surface area (Å²) >= 11 is 0. The molecule has 1 spiro atoms. The molecule has 0 aliphatic heterocycles. The third-order valence-electron chi connectivity index (χ3n) is 3.33. The van der Waals surface area contributed by atoms with Crippen molar-refractivity contribution in [3.8, 4) is 0 Å². The standard InChI is InChI=1S/C10H12O3/c11-7-1-4-10(5-2-7)6-3-8(12)9(10)13/h1-6H2. The largest absolute Gasteiger partial charge is 0.300 e. The van der Waals surface area contributed by atoms with Crippen LogP contribution in [0.3, 0.4) is 0 Å². The van der Waals surface area contributed by atoms with Crippen LogP contribution in [0.25, 0.3) is 0 Å². The lowest BCUT2D eigenvalue weighted by Crippen LogP contribution is -2.33. The highest BCUT2D eigenvalue weighted by molar-refractivity contribution is 6.41. The molecule has 0 heterocycles. The Morgan fingerprint density at radius 1 is 0.846 bits per heavy atom. The Bertz CT molecular complexity index is 281. The molecule has 0 amide bonds. The van der Waals surface area contributed by atoms with E-state index in [1.54, 1.807) is 0 Å². The van der Waals surface area contributed by atoms with E-state index < -0.39 is 5.41 Å². The van der Waals surface area contributed by atoms with E-state index in [1.165, 1.54) is 0 Å². The van der Waals surface area contributed by atoms with E-state index in [4.69, 9.17) is 0 Å². The summed E-state index contributed by atoms with van der Waals surface area (Å²) in [6.45, 7) is 0. The lowest BCUT2D eigenvalue weighted by molar-refractivity contribution is -0.140. The number of hydrogen-bond acceptors (Lipinski definition) is 3. The normalized spacial score (nSPS) is 27.2. The summed E-state index contributed by atoms with van der Waals surface area (Å²) in [5.74, 6) is -0.202. The summed E-state index contributed by atoms with van der Waals surface area (Å²) in [5.41, 5.74) is -0.426. The Labute approximate surface area is 76.5 Å². The molecule has 13 heavy (non-hydrogen) atoms. The molecule has 2 fully saturated rings. The van der Waals surface area contributed by atoms with E-state index in [-0.39, 0.29) is 17.3 Å². The molecule has 0 radical (unpaired) electrons. The summed E-state index contributed by atoms with van der Waals surface area (Å²) in [6.07, 6.45) is 3.26. The fraction of sp³-hybridized carbons (Fsp3) is 0.700. The maximum atomic E-state index is 11.5. The van der Waals surface area contributed by atoms with E-state index in [0.29, 0.717) is 38.5 Å². The average Bonchev–Trinajstić information content (AvgIpc) is 2.40. The predicted octanol–water partition coefficient (Wildman–Crippen LogP) is 1.05. The maximum absolute atomic E-state index is 11.5. The van der Waals surface area contributed by atoms with E-state index >= 15 is 0 Å². The van der Waals surface area contributed by atoms with Gasteiger partial charge in [-0.05, 0) is 19.3 Å². The molecule has 0 aromatic heterocycles. The van der Waals surface area contributed by atoms with Crippen LogP contribution in [0.1, 0.15) is 38.5 Å². The molecule has 0 atom stereocenters. The Morgan fingerprint density at radius 3 is 1.85 bits per heavy atom. The molecule has 2 saturated carbocycles. The monoisotopic (exact) mass is 180 g/mol. The Kier molecular flexibility index (Phi) is 1.82. The van der Waals surface area contributed by atoms with Gasteiger partial charge >= 0.3 is 0 Å². The predicted molar refractivity (Wildman–Crippen MR) is 45.2 cm³/mol. The smallest absolute Gasteiger partial charge is 0.204 e. The first kappa shape index (κ1) is 8.60. The number of rotatable bonds is 0. The molecule has 3 heteroatoms. The van der Waals surface area contributed by atoms with Crippen LogP contribution in [0.4, 0.5) is 0 Å². The van der Waals surface area contributed by atoms with Gasteiger partial charge in [-0.2, -0.15) is 0 Å². The van der Waals surface area contributed by atoms with Gasteiger partial charge in [0.15, 0.2) is 5.78 Å². The van der Waals surface area contributed by atoms with E-state index in [1.807, 2.05) is 0 Å². The third-order valence-corrected chi connectivity index (χ3v) is 3.33. The van der Waals surface area contributed by atoms with E-state index in [9.17, 15) is 14.4 Å². The maximum Gasteiger partial charge on any atom is 0.204 e. The number of ketones is 3. The van der Waals surface area contributed by atoms with Crippen molar-refractivity contribution >= 4 is 17.3 Å². The van der Waals surface area contributed by atoms with Crippen LogP contribution in [0, 0.1) is 5.41 Å². The van der Waals surface area contributed by atoms with Gasteiger partial charge in [-0.1, -0.05) is 0 Å². The Balaban J connectivity index is 2.18. The highest BCUT2D eigenvalue weighted by atomic mass is 16.2. The van der Waals surface area contributed by atoms with Gasteiger partial charge < -0.3 is 0 Å². The summed E-state index contributed by atoms with van der Waals surface area (Å²) in [5, 5.41) is 0. The average molecular weight is 180 g/mol. The van der Waals surface area contributed by atoms with Gasteiger partial charge in [-0.15, -0.1) is 0 Å². The number of hydrogen-bond donors (Lipinski definition) is 0. The van der Waals surface area contributed by atoms with Crippen molar-refractivity contribution < 1.29 is 14.4 Å². The van der Waals surface area contributed by atoms with Gasteiger partial charge in [0.1, 0.15) is 5.78 Å². The van der Waals surface area contributed by atoms with Crippen LogP contribution in [-0.2, 0) is 14.4 Å². The first-order chi connectivity index (χ1) is 6.14. The fourth-order valence-corrected chi connectivity index (χ4v) is 2.36. The zero-order chi connectivity index (χ0) is 9.47. The second kappa shape index (κ2) is 2.76. The van der Waals surface area contributed by atoms with Gasteiger partial charge in [0.25, 0.3) is 0 Å². The third kappa shape index (κ3) is 1.23. The van der Waals surface area contributed by atoms with Crippen molar-refractivity contribution in [3.05, 3.63) is 0 Å². The molecule has 2 rings (SSSR count). The first-order valence-corrected chi connectivity index (χ1v) is 4.73. The van der Waals surface area contributed by atoms with Gasteiger partial charge in [-0.25, -0.2) is 0 Å². The lowest BCUT2D eigenvalue weighted by Gasteiger charge is -2.29. The summed E-state index contributed by atoms with van der Waals surface area (Å²) in [6, 6.07) is 0. The lowest BCUT2D eigenvalue weighted by atomic mass is 9.72. The molecule has 0 N–H and O–H groups in total. The number of carbonyl (C=O) groups is 3. The van der Waals surface area contributed by atoms with Crippen molar-refractivity contribution in [2.24, 2.45) is 5.41 Å². The van der Waals surface area contributed by atoms with Crippen LogP contribution in [0.2, 0.25) is 0 Å². The van der Waals surface area contributed by atoms with Gasteiger partial charge in [0.05, 0.1) is 0 Å². The van der Waals surface area contributed by atoms with Gasteiger partial charge in [0, 0.05) is 24.7 Å². The second-order valence-electron chi connectivity index (χ2n) is 4.07. The molecule has 0 unspecified atom stereocenters. The second-order valence-corrected chi connectivity index (χ2v) is 4.07. The Morgan fingerprint density at radius 2 is 1.38 bits per heavy atom. The van der Waals surface area contributed by atoms with Crippen molar-refractivity contribution in [1.82, 2.24) is 0 Å². The zero-order valence-electron chi connectivity index (χ0n) is 7.47. The molecule has 0 bridgehead atoms. The van der Waals surface area contributed by atoms with Crippen LogP contribution in [-0.4, -0.2) is 17.3 Å². The molecule has 0 aromatic rings. The first-order valence-electron chi connectivity index (χ1n) is 4.73. The van der Waals surface area contributed by atoms with Crippen molar-refractivity contribution in [1.29, 1.82) is 0 Å². The van der Waals surface area contributed by atoms with Crippen LogP contribution in [0.5, 0.6) is 0 Å². The number of Topliss-reactive ketones (excluding diaryl/α,β-unsaturated/α-hetero) is 3. The van der Waals surface area contributed by atoms with Crippen molar-refractivity contribution in [2.75, 3.05) is 0 Å². The van der Waals surface area contributed by atoms with Crippen molar-refractivity contribution in [3.63, 3.8) is 0 Å². The fourth-order valence-electron chi connectivity index (χ4n) is 2.36. The van der Waals surface area contributed by atoms with Crippen molar-refractivity contribution in [2.45, 2.75) is 38.5 Å². The minimum atomic E-state index is -0.426. The van der Waals surface area contributed by atoms with E-state index in [0.717, 1.165) is 0 Å². The summed E-state index contributed by atoms with van der Waals surface area (Å²) < 4.78 is 0. The van der Waals surface area contributed by atoms with Gasteiger partial charge in [0.2, 0.25) is 5.78 Å². The molecule has 0 aromatic carbocycles. The molecule has 2 aliphatic carbocycles. The minimum Gasteiger partial charge on any atom is -0.300 e. The van der Waals surface area contributed by atoms with Crippen LogP contribution >= 0.6 is 0 Å². The minimum absolute atomic E-state index is 0.208. The SMILES string of the molecule is O=C1CCC2(CC1)CCC(=O)C2=O. The summed E-state index contributed by atoms with van der Waals surface area (Å²) in [7, 11) is 0. The molecule has 70 valence electrons. The summed E-state index contributed by atoms with van der Waals surface area (Å²) in [4.78, 5) is 33.6. The topological polar surface area (TPSA) is 51.2 Å². The Hall–Kier alpha value is -0.990. The molecule has 0 saturated heterocycles. The van der Waals surface area contributed by atoms with Crippen LogP contribution < -0.4 is 0 Å². The highest BCUT2D eigenvalue weighted by Crippen LogP contribution is 2.44. The van der Waals surface area contributed by atoms with E-state index in [2.05, 4.69) is 0 Å². The molecule has 3 nitrogen and oxygen atoms in total. The van der Waals surface area contributed by atoms with Crippen LogP contribution in [0.15, 0.2) is 0 Å². The quantitative estimate of drug-likeness (QED) is 0.523. The number of carbonyl (C=O) groups excluding carboxylic acids is 3. The molecule has 2 aliphatic rings. The molecular formula is C10H12O3. The molecular weight excluding hydrogens is 168 g/mol. The van der Waals surface area contributed by atoms with Gasteiger partial charge in [-0.3, -0.25) is 14.4 Å². The highest BCUT2D eigenvalue weighted by Gasteiger charge is 2.48. The zero-order valence-corrected chi connectivity index (χ0v) is 7.47.